The minimum atomic E-state index is 0.792. The van der Waals surface area contributed by atoms with Crippen LogP contribution in [0.5, 0.6) is 0 Å². The van der Waals surface area contributed by atoms with Gasteiger partial charge in [0.1, 0.15) is 0 Å². The van der Waals surface area contributed by atoms with Crippen molar-refractivity contribution in [2.75, 3.05) is 0 Å². The molecule has 0 heterocycles. The van der Waals surface area contributed by atoms with Gasteiger partial charge in [-0.3, -0.25) is 0 Å². The first-order chi connectivity index (χ1) is 3.13. The molecular formula is C6H15P. The zero-order chi connectivity index (χ0) is 5.86. The summed E-state index contributed by atoms with van der Waals surface area (Å²) in [4.78, 5) is 0. The van der Waals surface area contributed by atoms with Crippen molar-refractivity contribution < 1.29 is 0 Å². The Hall–Kier alpha value is 0.430. The highest BCUT2D eigenvalue weighted by atomic mass is 31.0. The molecule has 0 aromatic heterocycles. The molecule has 7 heavy (non-hydrogen) atoms. The predicted molar refractivity (Wildman–Crippen MR) is 38.6 cm³/mol. The molecule has 44 valence electrons. The van der Waals surface area contributed by atoms with Crippen LogP contribution in [0.15, 0.2) is 0 Å². The van der Waals surface area contributed by atoms with Crippen molar-refractivity contribution in [2.45, 2.75) is 32.9 Å². The Morgan fingerprint density at radius 3 is 1.71 bits per heavy atom. The van der Waals surface area contributed by atoms with Crippen molar-refractivity contribution in [3.63, 3.8) is 0 Å². The van der Waals surface area contributed by atoms with Crippen LogP contribution in [0.4, 0.5) is 0 Å². The highest BCUT2D eigenvalue weighted by Gasteiger charge is 1.95. The molecule has 0 aromatic rings. The Morgan fingerprint density at radius 2 is 1.71 bits per heavy atom. The van der Waals surface area contributed by atoms with Crippen LogP contribution in [0, 0.1) is 5.92 Å². The van der Waals surface area contributed by atoms with E-state index in [-0.39, 0.29) is 0 Å². The molecule has 0 nitrogen and oxygen atoms in total. The lowest BCUT2D eigenvalue weighted by Crippen LogP contribution is -1.95. The van der Waals surface area contributed by atoms with Gasteiger partial charge in [0, 0.05) is 0 Å². The molecule has 2 atom stereocenters. The number of rotatable bonds is 2. The van der Waals surface area contributed by atoms with Gasteiger partial charge < -0.3 is 0 Å². The van der Waals surface area contributed by atoms with Crippen LogP contribution in [0.1, 0.15) is 27.2 Å². The minimum absolute atomic E-state index is 0.792. The second-order valence-electron chi connectivity index (χ2n) is 2.61. The summed E-state index contributed by atoms with van der Waals surface area (Å²) in [6.07, 6.45) is 1.32. The monoisotopic (exact) mass is 118 g/mol. The lowest BCUT2D eigenvalue weighted by atomic mass is 10.1. The molecule has 0 aliphatic heterocycles. The molecule has 0 amide bonds. The summed E-state index contributed by atoms with van der Waals surface area (Å²) < 4.78 is 0. The summed E-state index contributed by atoms with van der Waals surface area (Å²) in [6, 6.07) is 0. The normalized spacial score (nSPS) is 15.0. The third-order valence-corrected chi connectivity index (χ3v) is 1.12. The molecule has 0 saturated heterocycles. The predicted octanol–water partition coefficient (Wildman–Crippen LogP) is 2.30. The molecular weight excluding hydrogens is 103 g/mol. The first-order valence-electron chi connectivity index (χ1n) is 2.88. The second-order valence-corrected chi connectivity index (χ2v) is 3.74. The number of hydrogen-bond acceptors (Lipinski definition) is 0. The lowest BCUT2D eigenvalue weighted by Gasteiger charge is -2.05. The fourth-order valence-electron chi connectivity index (χ4n) is 0.744. The van der Waals surface area contributed by atoms with Gasteiger partial charge in [-0.05, 0) is 18.0 Å². The highest BCUT2D eigenvalue weighted by Crippen LogP contribution is 2.10. The Bertz CT molecular complexity index is 33.4. The van der Waals surface area contributed by atoms with Gasteiger partial charge in [-0.15, -0.1) is 9.24 Å². The maximum atomic E-state index is 2.80. The quantitative estimate of drug-likeness (QED) is 0.488. The summed E-state index contributed by atoms with van der Waals surface area (Å²) in [5.41, 5.74) is 0.792. The van der Waals surface area contributed by atoms with E-state index in [0.717, 1.165) is 11.6 Å². The van der Waals surface area contributed by atoms with Gasteiger partial charge in [-0.2, -0.15) is 0 Å². The maximum Gasteiger partial charge on any atom is -0.0290 e. The van der Waals surface area contributed by atoms with Crippen molar-refractivity contribution in [1.29, 1.82) is 0 Å². The molecule has 0 aliphatic carbocycles. The van der Waals surface area contributed by atoms with Crippen LogP contribution in [-0.2, 0) is 0 Å². The minimum Gasteiger partial charge on any atom is -0.135 e. The summed E-state index contributed by atoms with van der Waals surface area (Å²) in [6.45, 7) is 6.73. The Balaban J connectivity index is 2.95. The maximum absolute atomic E-state index is 2.80. The van der Waals surface area contributed by atoms with Crippen molar-refractivity contribution in [3.05, 3.63) is 0 Å². The highest BCUT2D eigenvalue weighted by molar-refractivity contribution is 7.17. The summed E-state index contributed by atoms with van der Waals surface area (Å²) in [5.74, 6) is 0.854. The molecule has 1 unspecified atom stereocenters. The third kappa shape index (κ3) is 6.43. The van der Waals surface area contributed by atoms with E-state index >= 15 is 0 Å². The average Bonchev–Trinajstić information content (AvgIpc) is 1.27. The van der Waals surface area contributed by atoms with Crippen LogP contribution in [0.25, 0.3) is 0 Å². The van der Waals surface area contributed by atoms with Crippen LogP contribution in [0.2, 0.25) is 0 Å². The molecule has 0 aliphatic rings. The summed E-state index contributed by atoms with van der Waals surface area (Å²) >= 11 is 0. The zero-order valence-electron chi connectivity index (χ0n) is 5.44. The standard InChI is InChI=1S/C6H15P/c1-5(2)4-6(3)7/h5-6H,4,7H2,1-3H3/t6-/m1/s1. The van der Waals surface area contributed by atoms with E-state index in [0.29, 0.717) is 0 Å². The fraction of sp³-hybridized carbons (Fsp3) is 1.00. The van der Waals surface area contributed by atoms with E-state index in [1.54, 1.807) is 0 Å². The Labute approximate surface area is 48.9 Å². The van der Waals surface area contributed by atoms with Crippen molar-refractivity contribution in [3.8, 4) is 0 Å². The van der Waals surface area contributed by atoms with Gasteiger partial charge in [0.25, 0.3) is 0 Å². The Kier molecular flexibility index (Phi) is 3.65. The van der Waals surface area contributed by atoms with E-state index in [2.05, 4.69) is 30.0 Å². The molecule has 0 fully saturated rings. The molecule has 0 saturated carbocycles. The van der Waals surface area contributed by atoms with Gasteiger partial charge in [-0.25, -0.2) is 0 Å². The smallest absolute Gasteiger partial charge is 0.0290 e. The van der Waals surface area contributed by atoms with E-state index in [1.807, 2.05) is 0 Å². The lowest BCUT2D eigenvalue weighted by molar-refractivity contribution is 0.585. The van der Waals surface area contributed by atoms with E-state index in [9.17, 15) is 0 Å². The van der Waals surface area contributed by atoms with Gasteiger partial charge in [0.05, 0.1) is 0 Å². The first kappa shape index (κ1) is 7.43. The summed E-state index contributed by atoms with van der Waals surface area (Å²) in [7, 11) is 2.80. The molecule has 0 N–H and O–H groups in total. The fourth-order valence-corrected chi connectivity index (χ4v) is 1.29. The second kappa shape index (κ2) is 3.43. The topological polar surface area (TPSA) is 0 Å². The largest absolute Gasteiger partial charge is 0.135 e. The van der Waals surface area contributed by atoms with Gasteiger partial charge in [0.2, 0.25) is 0 Å². The molecule has 1 heteroatoms. The molecule has 0 radical (unpaired) electrons. The Morgan fingerprint density at radius 1 is 1.29 bits per heavy atom. The number of hydrogen-bond donors (Lipinski definition) is 0. The zero-order valence-corrected chi connectivity index (χ0v) is 6.59. The average molecular weight is 118 g/mol. The van der Waals surface area contributed by atoms with Crippen LogP contribution >= 0.6 is 9.24 Å². The van der Waals surface area contributed by atoms with Gasteiger partial charge >= 0.3 is 0 Å². The third-order valence-electron chi connectivity index (χ3n) is 0.843. The van der Waals surface area contributed by atoms with E-state index in [4.69, 9.17) is 0 Å². The van der Waals surface area contributed by atoms with Gasteiger partial charge in [-0.1, -0.05) is 20.8 Å². The summed E-state index contributed by atoms with van der Waals surface area (Å²) in [5, 5.41) is 0. The van der Waals surface area contributed by atoms with Crippen LogP contribution < -0.4 is 0 Å². The van der Waals surface area contributed by atoms with Gasteiger partial charge in [0.15, 0.2) is 0 Å². The van der Waals surface area contributed by atoms with Crippen molar-refractivity contribution in [1.82, 2.24) is 0 Å². The van der Waals surface area contributed by atoms with Crippen LogP contribution in [0.3, 0.4) is 0 Å². The molecule has 0 aromatic carbocycles. The van der Waals surface area contributed by atoms with Crippen LogP contribution in [-0.4, -0.2) is 5.66 Å². The van der Waals surface area contributed by atoms with E-state index < -0.39 is 0 Å². The molecule has 0 spiro atoms. The van der Waals surface area contributed by atoms with Crippen molar-refractivity contribution in [2.24, 2.45) is 5.92 Å². The molecule has 0 bridgehead atoms. The first-order valence-corrected chi connectivity index (χ1v) is 3.55. The van der Waals surface area contributed by atoms with E-state index in [1.165, 1.54) is 6.42 Å². The SMILES string of the molecule is CC(C)C[C@@H](C)P. The van der Waals surface area contributed by atoms with Crippen molar-refractivity contribution >= 4 is 9.24 Å². The molecule has 0 rings (SSSR count).